The molecule has 1 rings (SSSR count). The van der Waals surface area contributed by atoms with Crippen LogP contribution >= 0.6 is 0 Å². The fourth-order valence-electron chi connectivity index (χ4n) is 2.24. The van der Waals surface area contributed by atoms with Crippen LogP contribution < -0.4 is 5.32 Å². The first-order valence-electron chi connectivity index (χ1n) is 6.21. The molecule has 0 saturated heterocycles. The zero-order valence-electron chi connectivity index (χ0n) is 10.9. The molecule has 15 heavy (non-hydrogen) atoms. The predicted molar refractivity (Wildman–Crippen MR) is 64.9 cm³/mol. The first kappa shape index (κ1) is 13.0. The highest BCUT2D eigenvalue weighted by molar-refractivity contribution is 4.92. The Kier molecular flexibility index (Phi) is 3.83. The monoisotopic (exact) mass is 213 g/mol. The minimum atomic E-state index is -0.585. The van der Waals surface area contributed by atoms with Crippen LogP contribution in [0.4, 0.5) is 0 Å². The fourth-order valence-corrected chi connectivity index (χ4v) is 2.24. The maximum atomic E-state index is 10.2. The van der Waals surface area contributed by atoms with Gasteiger partial charge in [0.2, 0.25) is 0 Å². The van der Waals surface area contributed by atoms with Gasteiger partial charge in [0, 0.05) is 12.6 Å². The van der Waals surface area contributed by atoms with E-state index in [1.54, 1.807) is 0 Å². The summed E-state index contributed by atoms with van der Waals surface area (Å²) in [5, 5.41) is 13.7. The van der Waals surface area contributed by atoms with Crippen LogP contribution in [0.15, 0.2) is 0 Å². The molecule has 0 radical (unpaired) electrons. The lowest BCUT2D eigenvalue weighted by Gasteiger charge is -2.34. The van der Waals surface area contributed by atoms with E-state index in [-0.39, 0.29) is 0 Å². The molecule has 1 fully saturated rings. The molecule has 0 aliphatic heterocycles. The molecule has 1 aliphatic rings. The summed E-state index contributed by atoms with van der Waals surface area (Å²) in [6.07, 6.45) is 3.87. The molecule has 0 aromatic heterocycles. The van der Waals surface area contributed by atoms with E-state index in [9.17, 15) is 5.11 Å². The average Bonchev–Trinajstić information content (AvgIpc) is 2.41. The van der Waals surface area contributed by atoms with Gasteiger partial charge in [0.15, 0.2) is 0 Å². The van der Waals surface area contributed by atoms with Crippen molar-refractivity contribution in [3.05, 3.63) is 0 Å². The minimum absolute atomic E-state index is 0.300. The highest BCUT2D eigenvalue weighted by Crippen LogP contribution is 2.37. The Bertz CT molecular complexity index is 209. The van der Waals surface area contributed by atoms with Gasteiger partial charge in [0.25, 0.3) is 0 Å². The summed E-state index contributed by atoms with van der Waals surface area (Å²) in [5.41, 5.74) is -0.189. The third kappa shape index (κ3) is 3.18. The van der Waals surface area contributed by atoms with E-state index in [1.807, 2.05) is 6.92 Å². The standard InChI is InChI=1S/C13H27NO/c1-10(2)13(5,15)9-14-11-7-6-8-12(11,3)4/h10-11,14-15H,6-9H2,1-5H3. The zero-order valence-corrected chi connectivity index (χ0v) is 10.9. The molecule has 2 N–H and O–H groups in total. The quantitative estimate of drug-likeness (QED) is 0.752. The van der Waals surface area contributed by atoms with Gasteiger partial charge in [-0.05, 0) is 31.1 Å². The highest BCUT2D eigenvalue weighted by atomic mass is 16.3. The van der Waals surface area contributed by atoms with Crippen molar-refractivity contribution in [3.8, 4) is 0 Å². The largest absolute Gasteiger partial charge is 0.389 e. The van der Waals surface area contributed by atoms with Crippen molar-refractivity contribution >= 4 is 0 Å². The van der Waals surface area contributed by atoms with Gasteiger partial charge in [0.1, 0.15) is 0 Å². The molecular weight excluding hydrogens is 186 g/mol. The Labute approximate surface area is 94.5 Å². The maximum absolute atomic E-state index is 10.2. The van der Waals surface area contributed by atoms with Crippen LogP contribution in [0, 0.1) is 11.3 Å². The molecule has 2 atom stereocenters. The summed E-state index contributed by atoms with van der Waals surface area (Å²) in [4.78, 5) is 0. The summed E-state index contributed by atoms with van der Waals surface area (Å²) in [7, 11) is 0. The Morgan fingerprint density at radius 2 is 2.07 bits per heavy atom. The van der Waals surface area contributed by atoms with Gasteiger partial charge in [-0.1, -0.05) is 34.1 Å². The first-order valence-corrected chi connectivity index (χ1v) is 6.21. The van der Waals surface area contributed by atoms with Crippen molar-refractivity contribution < 1.29 is 5.11 Å². The lowest BCUT2D eigenvalue weighted by atomic mass is 9.86. The summed E-state index contributed by atoms with van der Waals surface area (Å²) >= 11 is 0. The van der Waals surface area contributed by atoms with Crippen molar-refractivity contribution in [2.24, 2.45) is 11.3 Å². The van der Waals surface area contributed by atoms with E-state index < -0.39 is 5.60 Å². The third-order valence-electron chi connectivity index (χ3n) is 4.21. The molecule has 0 aromatic carbocycles. The number of nitrogens with one attached hydrogen (secondary N) is 1. The van der Waals surface area contributed by atoms with E-state index >= 15 is 0 Å². The zero-order chi connectivity index (χ0) is 11.7. The SMILES string of the molecule is CC(C)C(C)(O)CNC1CCCC1(C)C. The van der Waals surface area contributed by atoms with Gasteiger partial charge in [-0.15, -0.1) is 0 Å². The van der Waals surface area contributed by atoms with E-state index in [0.717, 1.165) is 0 Å². The number of hydrogen-bond acceptors (Lipinski definition) is 2. The number of hydrogen-bond donors (Lipinski definition) is 2. The minimum Gasteiger partial charge on any atom is -0.389 e. The molecule has 2 nitrogen and oxygen atoms in total. The highest BCUT2D eigenvalue weighted by Gasteiger charge is 2.35. The van der Waals surface area contributed by atoms with Gasteiger partial charge in [0.05, 0.1) is 5.60 Å². The van der Waals surface area contributed by atoms with Crippen LogP contribution in [0.3, 0.4) is 0 Å². The van der Waals surface area contributed by atoms with E-state index in [1.165, 1.54) is 19.3 Å². The fraction of sp³-hybridized carbons (Fsp3) is 1.00. The van der Waals surface area contributed by atoms with Gasteiger partial charge in [-0.2, -0.15) is 0 Å². The molecular formula is C13H27NO. The van der Waals surface area contributed by atoms with Gasteiger partial charge >= 0.3 is 0 Å². The summed E-state index contributed by atoms with van der Waals surface area (Å²) in [6.45, 7) is 11.4. The lowest BCUT2D eigenvalue weighted by molar-refractivity contribution is 0.00894. The van der Waals surface area contributed by atoms with Gasteiger partial charge in [-0.3, -0.25) is 0 Å². The predicted octanol–water partition coefficient (Wildman–Crippen LogP) is 2.56. The summed E-state index contributed by atoms with van der Waals surface area (Å²) in [5.74, 6) is 0.300. The van der Waals surface area contributed by atoms with Crippen LogP contribution in [0.1, 0.15) is 53.9 Å². The van der Waals surface area contributed by atoms with Gasteiger partial charge in [-0.25, -0.2) is 0 Å². The molecule has 1 saturated carbocycles. The van der Waals surface area contributed by atoms with E-state index in [2.05, 4.69) is 33.0 Å². The second kappa shape index (κ2) is 4.42. The van der Waals surface area contributed by atoms with E-state index in [4.69, 9.17) is 0 Å². The van der Waals surface area contributed by atoms with Crippen LogP contribution in [0.25, 0.3) is 0 Å². The van der Waals surface area contributed by atoms with Gasteiger partial charge < -0.3 is 10.4 Å². The first-order chi connectivity index (χ1) is 6.76. The topological polar surface area (TPSA) is 32.3 Å². The van der Waals surface area contributed by atoms with Crippen molar-refractivity contribution in [2.45, 2.75) is 65.5 Å². The molecule has 0 amide bonds. The third-order valence-corrected chi connectivity index (χ3v) is 4.21. The molecule has 0 bridgehead atoms. The van der Waals surface area contributed by atoms with Crippen LogP contribution in [-0.2, 0) is 0 Å². The Hall–Kier alpha value is -0.0800. The Morgan fingerprint density at radius 3 is 2.47 bits per heavy atom. The number of aliphatic hydroxyl groups is 1. The molecule has 0 heterocycles. The number of rotatable bonds is 4. The Balaban J connectivity index is 2.44. The second-order valence-electron chi connectivity index (χ2n) is 6.33. The average molecular weight is 213 g/mol. The molecule has 0 spiro atoms. The van der Waals surface area contributed by atoms with Crippen molar-refractivity contribution in [1.82, 2.24) is 5.32 Å². The molecule has 2 heteroatoms. The molecule has 1 aliphatic carbocycles. The smallest absolute Gasteiger partial charge is 0.0766 e. The van der Waals surface area contributed by atoms with Crippen molar-refractivity contribution in [2.75, 3.05) is 6.54 Å². The van der Waals surface area contributed by atoms with Crippen LogP contribution in [0.2, 0.25) is 0 Å². The molecule has 2 unspecified atom stereocenters. The van der Waals surface area contributed by atoms with Crippen LogP contribution in [-0.4, -0.2) is 23.3 Å². The van der Waals surface area contributed by atoms with Crippen LogP contribution in [0.5, 0.6) is 0 Å². The molecule has 0 aromatic rings. The normalized spacial score (nSPS) is 29.4. The van der Waals surface area contributed by atoms with Crippen molar-refractivity contribution in [1.29, 1.82) is 0 Å². The van der Waals surface area contributed by atoms with E-state index in [0.29, 0.717) is 23.9 Å². The summed E-state index contributed by atoms with van der Waals surface area (Å²) in [6, 6.07) is 0.572. The molecule has 90 valence electrons. The maximum Gasteiger partial charge on any atom is 0.0766 e. The summed E-state index contributed by atoms with van der Waals surface area (Å²) < 4.78 is 0. The van der Waals surface area contributed by atoms with Crippen molar-refractivity contribution in [3.63, 3.8) is 0 Å². The Morgan fingerprint density at radius 1 is 1.47 bits per heavy atom. The second-order valence-corrected chi connectivity index (χ2v) is 6.33. The lowest BCUT2D eigenvalue weighted by Crippen LogP contribution is -2.48.